The highest BCUT2D eigenvalue weighted by Gasteiger charge is 2.18. The van der Waals surface area contributed by atoms with Crippen molar-refractivity contribution in [2.45, 2.75) is 32.7 Å². The van der Waals surface area contributed by atoms with E-state index in [1.54, 1.807) is 6.07 Å². The average molecular weight is 293 g/mol. The number of nitrogens with one attached hydrogen (secondary N) is 1. The van der Waals surface area contributed by atoms with Gasteiger partial charge in [0.25, 0.3) is 5.69 Å². The van der Waals surface area contributed by atoms with Crippen LogP contribution < -0.4 is 10.1 Å². The molecule has 1 aromatic carbocycles. The van der Waals surface area contributed by atoms with E-state index in [2.05, 4.69) is 17.1 Å². The minimum absolute atomic E-state index is 0.0530. The van der Waals surface area contributed by atoms with E-state index in [0.29, 0.717) is 18.4 Å². The Morgan fingerprint density at radius 3 is 2.71 bits per heavy atom. The summed E-state index contributed by atoms with van der Waals surface area (Å²) >= 11 is 0. The van der Waals surface area contributed by atoms with Gasteiger partial charge in [0.15, 0.2) is 0 Å². The van der Waals surface area contributed by atoms with Crippen LogP contribution >= 0.6 is 0 Å². The number of hydrogen-bond acceptors (Lipinski definition) is 5. The summed E-state index contributed by atoms with van der Waals surface area (Å²) in [5, 5.41) is 14.3. The predicted molar refractivity (Wildman–Crippen MR) is 83.0 cm³/mol. The average Bonchev–Trinajstić information content (AvgIpc) is 2.99. The van der Waals surface area contributed by atoms with Crippen molar-refractivity contribution in [2.75, 3.05) is 31.6 Å². The summed E-state index contributed by atoms with van der Waals surface area (Å²) in [6.07, 6.45) is 2.52. The molecule has 0 bridgehead atoms. The van der Waals surface area contributed by atoms with Crippen LogP contribution in [-0.2, 0) is 0 Å². The Hall–Kier alpha value is -1.82. The molecule has 1 N–H and O–H groups in total. The maximum Gasteiger partial charge on any atom is 0.275 e. The molecule has 6 heteroatoms. The highest BCUT2D eigenvalue weighted by molar-refractivity contribution is 5.56. The standard InChI is InChI=1S/C15H23N3O3/c1-3-21-15-9-13(8-14(10-15)18(19)20)16-11-12(2)17-6-4-5-7-17/h8-10,12,16H,3-7,11H2,1-2H3. The van der Waals surface area contributed by atoms with Crippen molar-refractivity contribution >= 4 is 11.4 Å². The first-order valence-electron chi connectivity index (χ1n) is 7.50. The molecule has 1 unspecified atom stereocenters. The van der Waals surface area contributed by atoms with E-state index < -0.39 is 4.92 Å². The molecule has 116 valence electrons. The lowest BCUT2D eigenvalue weighted by Gasteiger charge is -2.24. The summed E-state index contributed by atoms with van der Waals surface area (Å²) in [5.74, 6) is 0.531. The molecule has 0 aliphatic carbocycles. The Balaban J connectivity index is 2.02. The fourth-order valence-electron chi connectivity index (χ4n) is 2.62. The summed E-state index contributed by atoms with van der Waals surface area (Å²) in [4.78, 5) is 13.0. The Labute approximate surface area is 125 Å². The van der Waals surface area contributed by atoms with Crippen molar-refractivity contribution in [1.82, 2.24) is 4.90 Å². The van der Waals surface area contributed by atoms with Gasteiger partial charge in [-0.2, -0.15) is 0 Å². The van der Waals surface area contributed by atoms with Crippen LogP contribution in [0.25, 0.3) is 0 Å². The van der Waals surface area contributed by atoms with Gasteiger partial charge in [0, 0.05) is 30.4 Å². The smallest absolute Gasteiger partial charge is 0.275 e. The number of likely N-dealkylation sites (tertiary alicyclic amines) is 1. The van der Waals surface area contributed by atoms with Crippen molar-refractivity contribution in [3.05, 3.63) is 28.3 Å². The number of rotatable bonds is 7. The van der Waals surface area contributed by atoms with E-state index in [1.807, 2.05) is 13.0 Å². The summed E-state index contributed by atoms with van der Waals surface area (Å²) in [6, 6.07) is 5.24. The number of ether oxygens (including phenoxy) is 1. The predicted octanol–water partition coefficient (Wildman–Crippen LogP) is 2.89. The second-order valence-corrected chi connectivity index (χ2v) is 5.38. The molecule has 1 fully saturated rings. The molecule has 1 aromatic rings. The van der Waals surface area contributed by atoms with E-state index in [1.165, 1.54) is 18.9 Å². The minimum Gasteiger partial charge on any atom is -0.494 e. The third kappa shape index (κ3) is 4.32. The van der Waals surface area contributed by atoms with E-state index in [9.17, 15) is 10.1 Å². The second-order valence-electron chi connectivity index (χ2n) is 5.38. The topological polar surface area (TPSA) is 67.6 Å². The van der Waals surface area contributed by atoms with Gasteiger partial charge in [-0.1, -0.05) is 0 Å². The van der Waals surface area contributed by atoms with Crippen LogP contribution in [0.15, 0.2) is 18.2 Å². The quantitative estimate of drug-likeness (QED) is 0.618. The fraction of sp³-hybridized carbons (Fsp3) is 0.600. The molecule has 1 heterocycles. The number of anilines is 1. The highest BCUT2D eigenvalue weighted by atomic mass is 16.6. The van der Waals surface area contributed by atoms with Gasteiger partial charge >= 0.3 is 0 Å². The van der Waals surface area contributed by atoms with E-state index in [0.717, 1.165) is 25.3 Å². The molecule has 0 amide bonds. The van der Waals surface area contributed by atoms with Crippen molar-refractivity contribution in [1.29, 1.82) is 0 Å². The van der Waals surface area contributed by atoms with Crippen molar-refractivity contribution < 1.29 is 9.66 Å². The molecule has 1 atom stereocenters. The lowest BCUT2D eigenvalue weighted by atomic mass is 10.2. The van der Waals surface area contributed by atoms with E-state index in [4.69, 9.17) is 4.74 Å². The number of nitro benzene ring substituents is 1. The molecule has 21 heavy (non-hydrogen) atoms. The third-order valence-corrected chi connectivity index (χ3v) is 3.78. The van der Waals surface area contributed by atoms with Crippen molar-refractivity contribution in [3.63, 3.8) is 0 Å². The summed E-state index contributed by atoms with van der Waals surface area (Å²) in [5.41, 5.74) is 0.788. The monoisotopic (exact) mass is 293 g/mol. The minimum atomic E-state index is -0.391. The van der Waals surface area contributed by atoms with E-state index in [-0.39, 0.29) is 5.69 Å². The van der Waals surface area contributed by atoms with Gasteiger partial charge in [0.1, 0.15) is 5.75 Å². The largest absolute Gasteiger partial charge is 0.494 e. The first-order valence-corrected chi connectivity index (χ1v) is 7.50. The number of nitrogens with zero attached hydrogens (tertiary/aromatic N) is 2. The Morgan fingerprint density at radius 1 is 1.38 bits per heavy atom. The number of nitro groups is 1. The van der Waals surface area contributed by atoms with Gasteiger partial charge in [-0.25, -0.2) is 0 Å². The zero-order chi connectivity index (χ0) is 15.2. The molecule has 1 aliphatic rings. The summed E-state index contributed by atoms with van der Waals surface area (Å²) in [7, 11) is 0. The van der Waals surface area contributed by atoms with Gasteiger partial charge in [-0.15, -0.1) is 0 Å². The lowest BCUT2D eigenvalue weighted by molar-refractivity contribution is -0.384. The van der Waals surface area contributed by atoms with Gasteiger partial charge < -0.3 is 10.1 Å². The maximum atomic E-state index is 11.0. The zero-order valence-corrected chi connectivity index (χ0v) is 12.7. The Bertz CT molecular complexity index is 487. The van der Waals surface area contributed by atoms with Crippen LogP contribution in [0.5, 0.6) is 5.75 Å². The Morgan fingerprint density at radius 2 is 2.10 bits per heavy atom. The zero-order valence-electron chi connectivity index (χ0n) is 12.7. The lowest BCUT2D eigenvalue weighted by Crippen LogP contribution is -2.35. The third-order valence-electron chi connectivity index (χ3n) is 3.78. The molecule has 2 rings (SSSR count). The molecular formula is C15H23N3O3. The van der Waals surface area contributed by atoms with Crippen LogP contribution in [0, 0.1) is 10.1 Å². The Kier molecular flexibility index (Phi) is 5.38. The van der Waals surface area contributed by atoms with Crippen LogP contribution in [0.4, 0.5) is 11.4 Å². The van der Waals surface area contributed by atoms with Crippen LogP contribution in [-0.4, -0.2) is 42.1 Å². The molecule has 0 spiro atoms. The van der Waals surface area contributed by atoms with Crippen molar-refractivity contribution in [3.8, 4) is 5.75 Å². The number of benzene rings is 1. The maximum absolute atomic E-state index is 11.0. The van der Waals surface area contributed by atoms with E-state index >= 15 is 0 Å². The SMILES string of the molecule is CCOc1cc(NCC(C)N2CCCC2)cc([N+](=O)[O-])c1. The van der Waals surface area contributed by atoms with Crippen molar-refractivity contribution in [2.24, 2.45) is 0 Å². The second kappa shape index (κ2) is 7.26. The fourth-order valence-corrected chi connectivity index (χ4v) is 2.62. The first kappa shape index (κ1) is 15.6. The highest BCUT2D eigenvalue weighted by Crippen LogP contribution is 2.26. The molecule has 1 aliphatic heterocycles. The summed E-state index contributed by atoms with van der Waals surface area (Å²) < 4.78 is 5.39. The molecule has 0 aromatic heterocycles. The van der Waals surface area contributed by atoms with Crippen LogP contribution in [0.1, 0.15) is 26.7 Å². The molecular weight excluding hydrogens is 270 g/mol. The first-order chi connectivity index (χ1) is 10.1. The molecule has 0 radical (unpaired) electrons. The molecule has 6 nitrogen and oxygen atoms in total. The van der Waals surface area contributed by atoms with Crippen LogP contribution in [0.3, 0.4) is 0 Å². The van der Waals surface area contributed by atoms with Gasteiger partial charge in [0.2, 0.25) is 0 Å². The normalized spacial score (nSPS) is 16.7. The van der Waals surface area contributed by atoms with Crippen LogP contribution in [0.2, 0.25) is 0 Å². The van der Waals surface area contributed by atoms with Gasteiger partial charge in [0.05, 0.1) is 17.6 Å². The molecule has 0 saturated carbocycles. The number of non-ortho nitro benzene ring substituents is 1. The number of hydrogen-bond donors (Lipinski definition) is 1. The van der Waals surface area contributed by atoms with Gasteiger partial charge in [-0.05, 0) is 39.8 Å². The van der Waals surface area contributed by atoms with Gasteiger partial charge in [-0.3, -0.25) is 15.0 Å². The summed E-state index contributed by atoms with van der Waals surface area (Å²) in [6.45, 7) is 7.59. The molecule has 1 saturated heterocycles.